The number of nitro groups is 2. The van der Waals surface area contributed by atoms with Gasteiger partial charge in [0.25, 0.3) is 11.4 Å². The van der Waals surface area contributed by atoms with Crippen molar-refractivity contribution in [3.05, 3.63) is 67.8 Å². The smallest absolute Gasteiger partial charge is 0.345 e. The number of ether oxygens (including phenoxy) is 3. The van der Waals surface area contributed by atoms with E-state index >= 15 is 0 Å². The molecule has 10 heteroatoms. The number of nitrogens with zero attached hydrogens (tertiary/aromatic N) is 2. The van der Waals surface area contributed by atoms with Crippen LogP contribution in [0.4, 0.5) is 11.4 Å². The van der Waals surface area contributed by atoms with Crippen LogP contribution in [0, 0.1) is 20.2 Å². The van der Waals surface area contributed by atoms with Gasteiger partial charge in [0, 0.05) is 18.2 Å². The first kappa shape index (κ1) is 20.6. The first-order valence-corrected chi connectivity index (χ1v) is 8.23. The Morgan fingerprint density at radius 3 is 2.39 bits per heavy atom. The predicted molar refractivity (Wildman–Crippen MR) is 97.7 cm³/mol. The highest BCUT2D eigenvalue weighted by atomic mass is 16.6. The van der Waals surface area contributed by atoms with E-state index in [2.05, 4.69) is 0 Å². The van der Waals surface area contributed by atoms with Crippen LogP contribution < -0.4 is 9.47 Å². The third-order valence-corrected chi connectivity index (χ3v) is 3.83. The number of hydrogen-bond acceptors (Lipinski definition) is 8. The lowest BCUT2D eigenvalue weighted by molar-refractivity contribution is -0.385. The van der Waals surface area contributed by atoms with Crippen LogP contribution in [0.1, 0.15) is 35.9 Å². The van der Waals surface area contributed by atoms with Crippen LogP contribution in [0.3, 0.4) is 0 Å². The summed E-state index contributed by atoms with van der Waals surface area (Å²) in [6, 6.07) is 7.86. The molecule has 0 N–H and O–H groups in total. The fraction of sp³-hybridized carbons (Fsp3) is 0.278. The average Bonchev–Trinajstić information content (AvgIpc) is 2.67. The maximum Gasteiger partial charge on any atom is 0.345 e. The van der Waals surface area contributed by atoms with Crippen LogP contribution in [0.2, 0.25) is 0 Å². The monoisotopic (exact) mass is 390 g/mol. The predicted octanol–water partition coefficient (Wildman–Crippen LogP) is 3.83. The van der Waals surface area contributed by atoms with Crippen molar-refractivity contribution in [2.24, 2.45) is 0 Å². The maximum absolute atomic E-state index is 12.6. The van der Waals surface area contributed by atoms with E-state index in [0.717, 1.165) is 6.07 Å². The summed E-state index contributed by atoms with van der Waals surface area (Å²) in [6.07, 6.45) is -0.871. The molecule has 0 radical (unpaired) electrons. The second-order valence-electron chi connectivity index (χ2n) is 5.61. The molecule has 0 bridgehead atoms. The van der Waals surface area contributed by atoms with Crippen molar-refractivity contribution in [3.8, 4) is 11.5 Å². The van der Waals surface area contributed by atoms with E-state index in [0.29, 0.717) is 5.56 Å². The van der Waals surface area contributed by atoms with Crippen LogP contribution in [-0.2, 0) is 4.74 Å². The van der Waals surface area contributed by atoms with Gasteiger partial charge in [0.1, 0.15) is 11.7 Å². The Bertz CT molecular complexity index is 912. The Morgan fingerprint density at radius 2 is 1.82 bits per heavy atom. The summed E-state index contributed by atoms with van der Waals surface area (Å²) in [5.41, 5.74) is -0.596. The largest absolute Gasteiger partial charge is 0.493 e. The summed E-state index contributed by atoms with van der Waals surface area (Å²) in [5.74, 6) is -0.698. The van der Waals surface area contributed by atoms with Gasteiger partial charge in [-0.15, -0.1) is 0 Å². The van der Waals surface area contributed by atoms with E-state index in [1.54, 1.807) is 13.0 Å². The molecule has 10 nitrogen and oxygen atoms in total. The molecule has 2 aromatic rings. The summed E-state index contributed by atoms with van der Waals surface area (Å²) in [6.45, 7) is 3.48. The summed E-state index contributed by atoms with van der Waals surface area (Å²) in [7, 11) is 1.32. The van der Waals surface area contributed by atoms with Gasteiger partial charge in [0.15, 0.2) is 11.5 Å². The van der Waals surface area contributed by atoms with Crippen LogP contribution in [0.15, 0.2) is 36.4 Å². The van der Waals surface area contributed by atoms with Crippen molar-refractivity contribution in [1.29, 1.82) is 0 Å². The number of non-ortho nitro benzene ring substituents is 1. The second-order valence-corrected chi connectivity index (χ2v) is 5.61. The minimum Gasteiger partial charge on any atom is -0.493 e. The number of rotatable bonds is 8. The zero-order valence-electron chi connectivity index (χ0n) is 15.4. The highest BCUT2D eigenvalue weighted by molar-refractivity contribution is 5.95. The fourth-order valence-electron chi connectivity index (χ4n) is 2.47. The SMILES string of the molecule is CCOc1cc(C(=O)O[C@@H](C)c2cccc([N+](=O)[O-])c2)c([N+](=O)[O-])cc1OC. The van der Waals surface area contributed by atoms with Crippen molar-refractivity contribution in [1.82, 2.24) is 0 Å². The number of benzene rings is 2. The highest BCUT2D eigenvalue weighted by Gasteiger charge is 2.27. The molecule has 148 valence electrons. The molecule has 0 aromatic heterocycles. The average molecular weight is 390 g/mol. The Balaban J connectivity index is 2.37. The summed E-state index contributed by atoms with van der Waals surface area (Å²) >= 11 is 0. The molecule has 0 aliphatic rings. The van der Waals surface area contributed by atoms with Gasteiger partial charge in [-0.3, -0.25) is 20.2 Å². The molecule has 0 spiro atoms. The number of carbonyl (C=O) groups excluding carboxylic acids is 1. The number of nitro benzene ring substituents is 2. The third kappa shape index (κ3) is 4.53. The van der Waals surface area contributed by atoms with Crippen LogP contribution >= 0.6 is 0 Å². The first-order valence-electron chi connectivity index (χ1n) is 8.23. The summed E-state index contributed by atoms with van der Waals surface area (Å²) < 4.78 is 15.7. The van der Waals surface area contributed by atoms with Gasteiger partial charge in [-0.2, -0.15) is 0 Å². The molecule has 1 atom stereocenters. The molecule has 0 heterocycles. The van der Waals surface area contributed by atoms with Gasteiger partial charge in [-0.05, 0) is 19.4 Å². The zero-order chi connectivity index (χ0) is 20.8. The molecule has 0 amide bonds. The van der Waals surface area contributed by atoms with Crippen LogP contribution in [0.25, 0.3) is 0 Å². The molecular formula is C18H18N2O8. The molecule has 28 heavy (non-hydrogen) atoms. The Labute approximate surface area is 159 Å². The Hall–Kier alpha value is -3.69. The molecule has 0 saturated carbocycles. The van der Waals surface area contributed by atoms with Gasteiger partial charge in [0.05, 0.1) is 29.6 Å². The van der Waals surface area contributed by atoms with E-state index in [1.165, 1.54) is 38.3 Å². The van der Waals surface area contributed by atoms with Gasteiger partial charge in [-0.1, -0.05) is 12.1 Å². The minimum absolute atomic E-state index is 0.108. The van der Waals surface area contributed by atoms with Crippen LogP contribution in [-0.4, -0.2) is 29.5 Å². The lowest BCUT2D eigenvalue weighted by Crippen LogP contribution is -2.12. The third-order valence-electron chi connectivity index (χ3n) is 3.83. The van der Waals surface area contributed by atoms with Crippen molar-refractivity contribution >= 4 is 17.3 Å². The van der Waals surface area contributed by atoms with Crippen molar-refractivity contribution < 1.29 is 28.9 Å². The van der Waals surface area contributed by atoms with Crippen molar-refractivity contribution in [2.45, 2.75) is 20.0 Å². The Kier molecular flexibility index (Phi) is 6.48. The number of carbonyl (C=O) groups is 1. The van der Waals surface area contributed by atoms with Crippen molar-refractivity contribution in [2.75, 3.05) is 13.7 Å². The Morgan fingerprint density at radius 1 is 1.11 bits per heavy atom. The second kappa shape index (κ2) is 8.80. The maximum atomic E-state index is 12.6. The number of methoxy groups -OCH3 is 1. The van der Waals surface area contributed by atoms with E-state index in [9.17, 15) is 25.0 Å². The lowest BCUT2D eigenvalue weighted by atomic mass is 10.1. The standard InChI is InChI=1S/C18H18N2O8/c1-4-27-17-9-14(15(20(24)25)10-16(17)26-3)18(21)28-11(2)12-6-5-7-13(8-12)19(22)23/h5-11H,4H2,1-3H3/t11-/m0/s1. The highest BCUT2D eigenvalue weighted by Crippen LogP contribution is 2.36. The number of hydrogen-bond donors (Lipinski definition) is 0. The first-order chi connectivity index (χ1) is 13.3. The van der Waals surface area contributed by atoms with Gasteiger partial charge >= 0.3 is 5.97 Å². The van der Waals surface area contributed by atoms with E-state index in [4.69, 9.17) is 14.2 Å². The normalized spacial score (nSPS) is 11.4. The molecule has 0 fully saturated rings. The molecule has 0 aliphatic carbocycles. The molecular weight excluding hydrogens is 372 g/mol. The van der Waals surface area contributed by atoms with E-state index in [-0.39, 0.29) is 29.4 Å². The molecule has 0 unspecified atom stereocenters. The molecule has 0 aliphatic heterocycles. The summed E-state index contributed by atoms with van der Waals surface area (Å²) in [5, 5.41) is 22.3. The van der Waals surface area contributed by atoms with Gasteiger partial charge < -0.3 is 14.2 Å². The molecule has 2 aromatic carbocycles. The van der Waals surface area contributed by atoms with Gasteiger partial charge in [-0.25, -0.2) is 4.79 Å². The number of esters is 1. The van der Waals surface area contributed by atoms with Gasteiger partial charge in [0.2, 0.25) is 0 Å². The summed E-state index contributed by atoms with van der Waals surface area (Å²) in [4.78, 5) is 33.5. The fourth-order valence-corrected chi connectivity index (χ4v) is 2.47. The molecule has 2 rings (SSSR count). The zero-order valence-corrected chi connectivity index (χ0v) is 15.4. The lowest BCUT2D eigenvalue weighted by Gasteiger charge is -2.15. The van der Waals surface area contributed by atoms with E-state index < -0.39 is 27.6 Å². The van der Waals surface area contributed by atoms with Crippen LogP contribution in [0.5, 0.6) is 11.5 Å². The minimum atomic E-state index is -0.964. The molecule has 0 saturated heterocycles. The topological polar surface area (TPSA) is 131 Å². The van der Waals surface area contributed by atoms with E-state index in [1.807, 2.05) is 0 Å². The van der Waals surface area contributed by atoms with Crippen molar-refractivity contribution in [3.63, 3.8) is 0 Å². The quantitative estimate of drug-likeness (QED) is 0.377.